The Morgan fingerprint density at radius 3 is 2.00 bits per heavy atom. The molecule has 0 radical (unpaired) electrons. The second kappa shape index (κ2) is 7.16. The Labute approximate surface area is 164 Å². The summed E-state index contributed by atoms with van der Waals surface area (Å²) in [5, 5.41) is 9.60. The van der Waals surface area contributed by atoms with Crippen LogP contribution in [0.3, 0.4) is 0 Å². The molecule has 0 unspecified atom stereocenters. The van der Waals surface area contributed by atoms with Gasteiger partial charge in [0.2, 0.25) is 0 Å². The summed E-state index contributed by atoms with van der Waals surface area (Å²) >= 11 is 0. The predicted molar refractivity (Wildman–Crippen MR) is 112 cm³/mol. The van der Waals surface area contributed by atoms with Gasteiger partial charge in [0.05, 0.1) is 5.69 Å². The number of hydrogen-bond donors (Lipinski definition) is 1. The highest BCUT2D eigenvalue weighted by atomic mass is 16.3. The van der Waals surface area contributed by atoms with E-state index in [1.165, 1.54) is 0 Å². The van der Waals surface area contributed by atoms with Gasteiger partial charge in [0.25, 0.3) is 5.91 Å². The summed E-state index contributed by atoms with van der Waals surface area (Å²) in [5.74, 6) is 0.538. The van der Waals surface area contributed by atoms with Gasteiger partial charge in [0.1, 0.15) is 17.3 Å². The van der Waals surface area contributed by atoms with Crippen molar-refractivity contribution in [2.75, 3.05) is 4.90 Å². The van der Waals surface area contributed by atoms with E-state index in [0.29, 0.717) is 17.2 Å². The molecule has 0 bridgehead atoms. The van der Waals surface area contributed by atoms with Gasteiger partial charge in [-0.15, -0.1) is 0 Å². The lowest BCUT2D eigenvalue weighted by atomic mass is 10.1. The maximum Gasteiger partial charge on any atom is 0.282 e. The highest BCUT2D eigenvalue weighted by Crippen LogP contribution is 2.29. The first-order chi connectivity index (χ1) is 13.5. The summed E-state index contributed by atoms with van der Waals surface area (Å²) in [6.07, 6.45) is 1.80. The number of benzene rings is 3. The molecule has 0 spiro atoms. The number of amides is 1. The van der Waals surface area contributed by atoms with Gasteiger partial charge in [0.15, 0.2) is 0 Å². The molecule has 0 saturated heterocycles. The van der Waals surface area contributed by atoms with Crippen LogP contribution in [0.4, 0.5) is 5.69 Å². The topological polar surface area (TPSA) is 52.9 Å². The molecule has 1 amide bonds. The Morgan fingerprint density at radius 2 is 1.39 bits per heavy atom. The smallest absolute Gasteiger partial charge is 0.282 e. The molecule has 4 rings (SSSR count). The molecule has 4 nitrogen and oxygen atoms in total. The van der Waals surface area contributed by atoms with Gasteiger partial charge >= 0.3 is 0 Å². The van der Waals surface area contributed by atoms with Gasteiger partial charge in [0, 0.05) is 5.56 Å². The summed E-state index contributed by atoms with van der Waals surface area (Å²) in [5.41, 5.74) is 5.13. The minimum atomic E-state index is -0.193. The monoisotopic (exact) mass is 368 g/mol. The van der Waals surface area contributed by atoms with E-state index in [0.717, 1.165) is 22.3 Å². The van der Waals surface area contributed by atoms with Gasteiger partial charge in [-0.1, -0.05) is 59.7 Å². The molecular weight excluding hydrogens is 348 g/mol. The summed E-state index contributed by atoms with van der Waals surface area (Å²) in [4.78, 5) is 19.4. The number of phenolic OH excluding ortho intramolecular Hbond substituents is 1. The van der Waals surface area contributed by atoms with Gasteiger partial charge in [-0.05, 0) is 49.8 Å². The van der Waals surface area contributed by atoms with Crippen LogP contribution in [0.25, 0.3) is 6.08 Å². The lowest BCUT2D eigenvalue weighted by Gasteiger charge is -2.18. The molecule has 0 atom stereocenters. The Morgan fingerprint density at radius 1 is 0.821 bits per heavy atom. The molecule has 3 aromatic rings. The molecule has 1 aliphatic heterocycles. The largest absolute Gasteiger partial charge is 0.508 e. The lowest BCUT2D eigenvalue weighted by molar-refractivity contribution is -0.113. The minimum Gasteiger partial charge on any atom is -0.508 e. The average Bonchev–Trinajstić information content (AvgIpc) is 3.01. The fourth-order valence-corrected chi connectivity index (χ4v) is 3.07. The number of rotatable bonds is 3. The van der Waals surface area contributed by atoms with Crippen LogP contribution in [0.5, 0.6) is 5.75 Å². The SMILES string of the molecule is Cc1ccc(/C=C2/N=C(c3ccc(C)cc3)N(c3ccc(O)cc3)C2=O)cc1. The lowest BCUT2D eigenvalue weighted by Crippen LogP contribution is -2.32. The Bertz CT molecular complexity index is 1080. The fourth-order valence-electron chi connectivity index (χ4n) is 3.07. The van der Waals surface area contributed by atoms with Crippen LogP contribution in [0.2, 0.25) is 0 Å². The third-order valence-electron chi connectivity index (χ3n) is 4.66. The number of phenols is 1. The van der Waals surface area contributed by atoms with Crippen LogP contribution in [0, 0.1) is 13.8 Å². The van der Waals surface area contributed by atoms with Crippen molar-refractivity contribution in [3.8, 4) is 5.75 Å². The zero-order valence-corrected chi connectivity index (χ0v) is 15.8. The first-order valence-electron chi connectivity index (χ1n) is 9.09. The van der Waals surface area contributed by atoms with Crippen molar-refractivity contribution in [2.45, 2.75) is 13.8 Å². The van der Waals surface area contributed by atoms with Crippen molar-refractivity contribution in [1.82, 2.24) is 0 Å². The summed E-state index contributed by atoms with van der Waals surface area (Å²) in [6, 6.07) is 22.4. The first-order valence-corrected chi connectivity index (χ1v) is 9.09. The first kappa shape index (κ1) is 17.7. The second-order valence-corrected chi connectivity index (χ2v) is 6.90. The number of hydrogen-bond acceptors (Lipinski definition) is 3. The quantitative estimate of drug-likeness (QED) is 0.672. The van der Waals surface area contributed by atoms with E-state index in [1.54, 1.807) is 35.2 Å². The average molecular weight is 368 g/mol. The molecule has 138 valence electrons. The predicted octanol–water partition coefficient (Wildman–Crippen LogP) is 4.84. The summed E-state index contributed by atoms with van der Waals surface area (Å²) in [7, 11) is 0. The van der Waals surface area contributed by atoms with E-state index in [9.17, 15) is 9.90 Å². The molecule has 0 saturated carbocycles. The number of anilines is 1. The van der Waals surface area contributed by atoms with Gasteiger partial charge < -0.3 is 5.11 Å². The molecule has 0 fully saturated rings. The molecule has 0 aliphatic carbocycles. The van der Waals surface area contributed by atoms with E-state index in [4.69, 9.17) is 0 Å². The Balaban J connectivity index is 1.81. The summed E-state index contributed by atoms with van der Waals surface area (Å²) in [6.45, 7) is 4.05. The minimum absolute atomic E-state index is 0.152. The number of carbonyl (C=O) groups excluding carboxylic acids is 1. The number of carbonyl (C=O) groups is 1. The molecule has 0 aromatic heterocycles. The third kappa shape index (κ3) is 3.45. The van der Waals surface area contributed by atoms with E-state index >= 15 is 0 Å². The van der Waals surface area contributed by atoms with Crippen molar-refractivity contribution in [2.24, 2.45) is 4.99 Å². The van der Waals surface area contributed by atoms with Gasteiger partial charge in [-0.25, -0.2) is 4.99 Å². The van der Waals surface area contributed by atoms with Crippen LogP contribution in [-0.2, 0) is 4.79 Å². The van der Waals surface area contributed by atoms with Gasteiger partial charge in [-0.3, -0.25) is 9.69 Å². The molecule has 3 aromatic carbocycles. The van der Waals surface area contributed by atoms with Crippen LogP contribution in [0.15, 0.2) is 83.5 Å². The molecular formula is C24H20N2O2. The Hall–Kier alpha value is -3.66. The normalized spacial score (nSPS) is 15.2. The van der Waals surface area contributed by atoms with Crippen molar-refractivity contribution in [1.29, 1.82) is 0 Å². The van der Waals surface area contributed by atoms with Gasteiger partial charge in [-0.2, -0.15) is 0 Å². The number of nitrogens with zero attached hydrogens (tertiary/aromatic N) is 2. The fraction of sp³-hybridized carbons (Fsp3) is 0.0833. The van der Waals surface area contributed by atoms with E-state index in [2.05, 4.69) is 4.99 Å². The highest BCUT2D eigenvalue weighted by Gasteiger charge is 2.32. The zero-order valence-electron chi connectivity index (χ0n) is 15.8. The highest BCUT2D eigenvalue weighted by molar-refractivity contribution is 6.33. The van der Waals surface area contributed by atoms with Crippen LogP contribution >= 0.6 is 0 Å². The third-order valence-corrected chi connectivity index (χ3v) is 4.66. The van der Waals surface area contributed by atoms with Crippen molar-refractivity contribution < 1.29 is 9.90 Å². The number of aryl methyl sites for hydroxylation is 2. The number of aliphatic imine (C=N–C) groups is 1. The van der Waals surface area contributed by atoms with Crippen molar-refractivity contribution >= 4 is 23.5 Å². The molecule has 1 N–H and O–H groups in total. The van der Waals surface area contributed by atoms with Crippen molar-refractivity contribution in [3.63, 3.8) is 0 Å². The van der Waals surface area contributed by atoms with Crippen LogP contribution in [0.1, 0.15) is 22.3 Å². The maximum absolute atomic E-state index is 13.2. The second-order valence-electron chi connectivity index (χ2n) is 6.90. The maximum atomic E-state index is 13.2. The molecule has 28 heavy (non-hydrogen) atoms. The zero-order chi connectivity index (χ0) is 19.7. The van der Waals surface area contributed by atoms with E-state index in [-0.39, 0.29) is 11.7 Å². The Kier molecular flexibility index (Phi) is 4.53. The van der Waals surface area contributed by atoms with Crippen molar-refractivity contribution in [3.05, 3.63) is 101 Å². The molecule has 1 heterocycles. The van der Waals surface area contributed by atoms with Crippen LogP contribution < -0.4 is 4.90 Å². The standard InChI is InChI=1S/C24H20N2O2/c1-16-3-7-18(8-4-16)15-22-24(28)26(20-11-13-21(27)14-12-20)23(25-22)19-9-5-17(2)6-10-19/h3-15,27H,1-2H3/b22-15+. The summed E-state index contributed by atoms with van der Waals surface area (Å²) < 4.78 is 0. The molecule has 4 heteroatoms. The number of aromatic hydroxyl groups is 1. The van der Waals surface area contributed by atoms with Crippen LogP contribution in [-0.4, -0.2) is 16.8 Å². The molecule has 1 aliphatic rings. The van der Waals surface area contributed by atoms with E-state index in [1.807, 2.05) is 62.4 Å². The van der Waals surface area contributed by atoms with E-state index < -0.39 is 0 Å². The number of amidine groups is 1.